The number of benzene rings is 2. The van der Waals surface area contributed by atoms with Crippen LogP contribution < -0.4 is 10.1 Å². The van der Waals surface area contributed by atoms with Gasteiger partial charge in [0.25, 0.3) is 5.91 Å². The first kappa shape index (κ1) is 17.4. The third-order valence-electron chi connectivity index (χ3n) is 3.43. The number of aromatic nitrogens is 2. The minimum atomic E-state index is -0.266. The van der Waals surface area contributed by atoms with Crippen molar-refractivity contribution in [2.45, 2.75) is 13.3 Å². The lowest BCUT2D eigenvalue weighted by Crippen LogP contribution is -2.20. The summed E-state index contributed by atoms with van der Waals surface area (Å²) in [4.78, 5) is 12.0. The molecule has 0 fully saturated rings. The second kappa shape index (κ2) is 8.09. The van der Waals surface area contributed by atoms with Crippen LogP contribution >= 0.6 is 22.9 Å². The maximum absolute atomic E-state index is 12.0. The Labute approximate surface area is 154 Å². The van der Waals surface area contributed by atoms with Gasteiger partial charge >= 0.3 is 0 Å². The van der Waals surface area contributed by atoms with E-state index in [0.717, 1.165) is 16.1 Å². The summed E-state index contributed by atoms with van der Waals surface area (Å²) in [5.74, 6) is 0.427. The van der Waals surface area contributed by atoms with E-state index >= 15 is 0 Å². The molecule has 0 saturated carbocycles. The topological polar surface area (TPSA) is 64.1 Å². The van der Waals surface area contributed by atoms with Crippen molar-refractivity contribution in [1.29, 1.82) is 0 Å². The Morgan fingerprint density at radius 2 is 1.92 bits per heavy atom. The van der Waals surface area contributed by atoms with Gasteiger partial charge in [-0.15, -0.1) is 10.2 Å². The molecule has 25 heavy (non-hydrogen) atoms. The summed E-state index contributed by atoms with van der Waals surface area (Å²) in [6.07, 6.45) is 0.643. The normalized spacial score (nSPS) is 10.5. The molecule has 0 aliphatic carbocycles. The van der Waals surface area contributed by atoms with Crippen LogP contribution in [0.25, 0.3) is 0 Å². The van der Waals surface area contributed by atoms with Gasteiger partial charge in [-0.05, 0) is 36.2 Å². The second-order valence-corrected chi connectivity index (χ2v) is 6.91. The highest BCUT2D eigenvalue weighted by Gasteiger charge is 2.10. The van der Waals surface area contributed by atoms with E-state index in [1.54, 1.807) is 0 Å². The molecule has 128 valence electrons. The summed E-state index contributed by atoms with van der Waals surface area (Å²) in [6.45, 7) is 1.86. The molecule has 0 bridgehead atoms. The molecule has 0 aliphatic rings. The molecular formula is C18H16ClN3O2S. The molecule has 0 spiro atoms. The molecule has 5 nitrogen and oxygen atoms in total. The number of nitrogens with zero attached hydrogens (tertiary/aromatic N) is 2. The molecule has 7 heteroatoms. The Morgan fingerprint density at radius 1 is 1.16 bits per heavy atom. The summed E-state index contributed by atoms with van der Waals surface area (Å²) in [5, 5.41) is 12.8. The molecule has 3 rings (SSSR count). The van der Waals surface area contributed by atoms with Gasteiger partial charge in [0.05, 0.1) is 0 Å². The molecular weight excluding hydrogens is 358 g/mol. The van der Waals surface area contributed by atoms with E-state index in [1.807, 2.05) is 55.5 Å². The van der Waals surface area contributed by atoms with Gasteiger partial charge in [-0.2, -0.15) is 0 Å². The van der Waals surface area contributed by atoms with Crippen LogP contribution in [0.2, 0.25) is 5.02 Å². The first-order valence-corrected chi connectivity index (χ1v) is 8.85. The van der Waals surface area contributed by atoms with Gasteiger partial charge in [0, 0.05) is 11.4 Å². The van der Waals surface area contributed by atoms with Crippen molar-refractivity contribution in [2.75, 3.05) is 11.9 Å². The van der Waals surface area contributed by atoms with E-state index in [-0.39, 0.29) is 12.5 Å². The minimum absolute atomic E-state index is 0.0725. The summed E-state index contributed by atoms with van der Waals surface area (Å²) >= 11 is 7.22. The lowest BCUT2D eigenvalue weighted by Gasteiger charge is -2.07. The van der Waals surface area contributed by atoms with Crippen molar-refractivity contribution in [2.24, 2.45) is 0 Å². The molecule has 0 aliphatic heterocycles. The molecule has 0 radical (unpaired) electrons. The lowest BCUT2D eigenvalue weighted by molar-refractivity contribution is -0.118. The average Bonchev–Trinajstić information content (AvgIpc) is 3.03. The van der Waals surface area contributed by atoms with Crippen LogP contribution in [-0.4, -0.2) is 22.7 Å². The van der Waals surface area contributed by atoms with Gasteiger partial charge in [-0.1, -0.05) is 53.3 Å². The van der Waals surface area contributed by atoms with Crippen LogP contribution in [0.3, 0.4) is 0 Å². The number of ether oxygens (including phenoxy) is 1. The summed E-state index contributed by atoms with van der Waals surface area (Å²) in [5.41, 5.74) is 2.07. The molecule has 1 amide bonds. The number of hydrogen-bond donors (Lipinski definition) is 1. The van der Waals surface area contributed by atoms with Crippen LogP contribution in [0.5, 0.6) is 5.75 Å². The summed E-state index contributed by atoms with van der Waals surface area (Å²) < 4.78 is 5.52. The number of nitrogens with one attached hydrogen (secondary N) is 1. The number of halogens is 1. The zero-order valence-electron chi connectivity index (χ0n) is 13.5. The third kappa shape index (κ3) is 5.01. The van der Waals surface area contributed by atoms with Gasteiger partial charge in [0.15, 0.2) is 6.61 Å². The maximum Gasteiger partial charge on any atom is 0.264 e. The fraction of sp³-hybridized carbons (Fsp3) is 0.167. The number of aryl methyl sites for hydroxylation is 1. The van der Waals surface area contributed by atoms with Crippen LogP contribution in [0.4, 0.5) is 5.13 Å². The quantitative estimate of drug-likeness (QED) is 0.706. The summed E-state index contributed by atoms with van der Waals surface area (Å²) in [7, 11) is 0. The average molecular weight is 374 g/mol. The number of para-hydroxylation sites is 1. The van der Waals surface area contributed by atoms with Gasteiger partial charge in [-0.25, -0.2) is 0 Å². The monoisotopic (exact) mass is 373 g/mol. The Bertz CT molecular complexity index is 865. The molecule has 1 aromatic heterocycles. The first-order valence-electron chi connectivity index (χ1n) is 7.65. The predicted molar refractivity (Wildman–Crippen MR) is 99.5 cm³/mol. The highest BCUT2D eigenvalue weighted by molar-refractivity contribution is 7.15. The van der Waals surface area contributed by atoms with Gasteiger partial charge in [-0.3, -0.25) is 10.1 Å². The van der Waals surface area contributed by atoms with Crippen molar-refractivity contribution in [1.82, 2.24) is 10.2 Å². The number of anilines is 1. The lowest BCUT2D eigenvalue weighted by atomic mass is 10.2. The van der Waals surface area contributed by atoms with E-state index in [9.17, 15) is 4.79 Å². The molecule has 3 aromatic rings. The molecule has 0 saturated heterocycles. The van der Waals surface area contributed by atoms with Gasteiger partial charge in [0.1, 0.15) is 10.8 Å². The molecule has 0 unspecified atom stereocenters. The number of amides is 1. The van der Waals surface area contributed by atoms with E-state index in [0.29, 0.717) is 22.3 Å². The molecule has 1 N–H and O–H groups in total. The number of rotatable bonds is 6. The molecule has 2 aromatic carbocycles. The van der Waals surface area contributed by atoms with Crippen molar-refractivity contribution in [3.8, 4) is 5.75 Å². The Morgan fingerprint density at radius 3 is 2.68 bits per heavy atom. The number of hydrogen-bond acceptors (Lipinski definition) is 5. The van der Waals surface area contributed by atoms with Crippen molar-refractivity contribution in [3.05, 3.63) is 69.7 Å². The number of carbonyl (C=O) groups is 1. The van der Waals surface area contributed by atoms with E-state index in [4.69, 9.17) is 16.3 Å². The van der Waals surface area contributed by atoms with Crippen LogP contribution in [-0.2, 0) is 11.2 Å². The maximum atomic E-state index is 12.0. The minimum Gasteiger partial charge on any atom is -0.483 e. The first-order chi connectivity index (χ1) is 12.1. The zero-order valence-corrected chi connectivity index (χ0v) is 15.1. The Kier molecular flexibility index (Phi) is 5.63. The smallest absolute Gasteiger partial charge is 0.264 e. The SMILES string of the molecule is Cc1ccccc1OCC(=O)Nc1nnc(Cc2ccc(Cl)cc2)s1. The third-order valence-corrected chi connectivity index (χ3v) is 4.52. The van der Waals surface area contributed by atoms with Crippen molar-refractivity contribution < 1.29 is 9.53 Å². The Hall–Kier alpha value is -2.44. The number of carbonyl (C=O) groups excluding carboxylic acids is 1. The molecule has 0 atom stereocenters. The standard InChI is InChI=1S/C18H16ClN3O2S/c1-12-4-2-3-5-15(12)24-11-16(23)20-18-22-21-17(25-18)10-13-6-8-14(19)9-7-13/h2-9H,10-11H2,1H3,(H,20,22,23). The van der Waals surface area contributed by atoms with Crippen LogP contribution in [0.1, 0.15) is 16.1 Å². The van der Waals surface area contributed by atoms with E-state index < -0.39 is 0 Å². The van der Waals surface area contributed by atoms with Crippen LogP contribution in [0.15, 0.2) is 48.5 Å². The predicted octanol–water partition coefficient (Wildman–Crippen LogP) is 4.11. The second-order valence-electron chi connectivity index (χ2n) is 5.41. The highest BCUT2D eigenvalue weighted by atomic mass is 35.5. The van der Waals surface area contributed by atoms with Crippen molar-refractivity contribution >= 4 is 34.0 Å². The highest BCUT2D eigenvalue weighted by Crippen LogP contribution is 2.20. The van der Waals surface area contributed by atoms with Gasteiger partial charge in [0.2, 0.25) is 5.13 Å². The van der Waals surface area contributed by atoms with Crippen LogP contribution in [0, 0.1) is 6.92 Å². The zero-order chi connectivity index (χ0) is 17.6. The fourth-order valence-electron chi connectivity index (χ4n) is 2.17. The molecule has 1 heterocycles. The largest absolute Gasteiger partial charge is 0.483 e. The van der Waals surface area contributed by atoms with E-state index in [1.165, 1.54) is 11.3 Å². The van der Waals surface area contributed by atoms with Crippen molar-refractivity contribution in [3.63, 3.8) is 0 Å². The summed E-state index contributed by atoms with van der Waals surface area (Å²) in [6, 6.07) is 15.1. The fourth-order valence-corrected chi connectivity index (χ4v) is 3.09. The van der Waals surface area contributed by atoms with E-state index in [2.05, 4.69) is 15.5 Å². The van der Waals surface area contributed by atoms with Gasteiger partial charge < -0.3 is 4.74 Å². The Balaban J connectivity index is 1.53.